The third kappa shape index (κ3) is 4.76. The van der Waals surface area contributed by atoms with Crippen LogP contribution in [0.5, 0.6) is 0 Å². The Labute approximate surface area is 196 Å². The summed E-state index contributed by atoms with van der Waals surface area (Å²) in [5.41, 5.74) is 4.94. The van der Waals surface area contributed by atoms with Gasteiger partial charge in [-0.2, -0.15) is 4.99 Å². The Balaban J connectivity index is 1.37. The van der Waals surface area contributed by atoms with E-state index in [-0.39, 0.29) is 5.91 Å². The summed E-state index contributed by atoms with van der Waals surface area (Å²) in [5.74, 6) is 0.544. The first-order valence-electron chi connectivity index (χ1n) is 11.0. The van der Waals surface area contributed by atoms with Gasteiger partial charge < -0.3 is 8.98 Å². The average molecular weight is 447 g/mol. The van der Waals surface area contributed by atoms with Crippen LogP contribution < -0.4 is 5.49 Å². The maximum absolute atomic E-state index is 12.9. The number of aromatic nitrogens is 3. The van der Waals surface area contributed by atoms with Crippen LogP contribution in [0.1, 0.15) is 21.5 Å². The molecule has 0 aliphatic carbocycles. The second-order valence-corrected chi connectivity index (χ2v) is 7.95. The Bertz CT molecular complexity index is 1500. The number of aryl methyl sites for hydroxylation is 1. The lowest BCUT2D eigenvalue weighted by Gasteiger charge is -2.07. The number of benzene rings is 3. The number of hydrogen-bond acceptors (Lipinski definition) is 4. The minimum Gasteiger partial charge on any atom is -0.416 e. The zero-order chi connectivity index (χ0) is 23.3. The molecule has 5 aromatic rings. The van der Waals surface area contributed by atoms with Crippen molar-refractivity contribution < 1.29 is 9.21 Å². The Morgan fingerprint density at radius 3 is 2.32 bits per heavy atom. The third-order valence-corrected chi connectivity index (χ3v) is 5.40. The van der Waals surface area contributed by atoms with Gasteiger partial charge in [0.05, 0.1) is 0 Å². The van der Waals surface area contributed by atoms with Gasteiger partial charge in [-0.15, -0.1) is 10.2 Å². The smallest absolute Gasteiger partial charge is 0.278 e. The van der Waals surface area contributed by atoms with Gasteiger partial charge >= 0.3 is 0 Å². The summed E-state index contributed by atoms with van der Waals surface area (Å²) in [6.07, 6.45) is 1.92. The first-order valence-corrected chi connectivity index (χ1v) is 11.0. The van der Waals surface area contributed by atoms with Crippen molar-refractivity contribution in [3.8, 4) is 22.9 Å². The molecule has 6 nitrogen and oxygen atoms in total. The van der Waals surface area contributed by atoms with E-state index in [1.165, 1.54) is 0 Å². The van der Waals surface area contributed by atoms with Crippen LogP contribution in [-0.2, 0) is 6.54 Å². The van der Waals surface area contributed by atoms with Crippen LogP contribution in [-0.4, -0.2) is 20.7 Å². The lowest BCUT2D eigenvalue weighted by Crippen LogP contribution is -2.22. The molecule has 0 fully saturated rings. The molecule has 0 unspecified atom stereocenters. The van der Waals surface area contributed by atoms with E-state index < -0.39 is 0 Å². The summed E-state index contributed by atoms with van der Waals surface area (Å²) in [5, 5.41) is 8.31. The van der Waals surface area contributed by atoms with Crippen molar-refractivity contribution in [2.75, 3.05) is 0 Å². The van der Waals surface area contributed by atoms with E-state index in [9.17, 15) is 4.79 Å². The molecule has 5 rings (SSSR count). The Morgan fingerprint density at radius 1 is 0.824 bits per heavy atom. The second kappa shape index (κ2) is 9.50. The Kier molecular flexibility index (Phi) is 5.95. The van der Waals surface area contributed by atoms with Gasteiger partial charge in [-0.05, 0) is 61.0 Å². The molecule has 0 bridgehead atoms. The summed E-state index contributed by atoms with van der Waals surface area (Å²) >= 11 is 0. The van der Waals surface area contributed by atoms with Gasteiger partial charge in [0, 0.05) is 29.4 Å². The van der Waals surface area contributed by atoms with Gasteiger partial charge in [-0.25, -0.2) is 0 Å². The molecule has 2 aromatic heterocycles. The number of rotatable bonds is 5. The molecule has 0 N–H and O–H groups in total. The fourth-order valence-corrected chi connectivity index (χ4v) is 3.64. The molecule has 0 saturated heterocycles. The summed E-state index contributed by atoms with van der Waals surface area (Å²) in [7, 11) is 0. The monoisotopic (exact) mass is 446 g/mol. The summed E-state index contributed by atoms with van der Waals surface area (Å²) in [4.78, 5) is 17.2. The molecule has 0 aliphatic rings. The topological polar surface area (TPSA) is 73.3 Å². The first-order chi connectivity index (χ1) is 16.7. The van der Waals surface area contributed by atoms with E-state index in [1.807, 2.05) is 90.5 Å². The van der Waals surface area contributed by atoms with Crippen LogP contribution in [0.3, 0.4) is 0 Å². The molecule has 34 heavy (non-hydrogen) atoms. The normalized spacial score (nSPS) is 11.5. The standard InChI is InChI=1S/C28H22N4O2/c1-20-8-7-11-24(18-20)28-31-30-27(34-28)23-15-13-22(14-16-23)26(33)29-25-12-5-6-17-32(25)19-21-9-3-2-4-10-21/h2-18H,19H2,1H3. The van der Waals surface area contributed by atoms with Crippen molar-refractivity contribution in [2.24, 2.45) is 4.99 Å². The number of pyridine rings is 1. The Hall–Kier alpha value is -4.58. The van der Waals surface area contributed by atoms with Gasteiger partial charge in [-0.1, -0.05) is 54.1 Å². The van der Waals surface area contributed by atoms with E-state index in [4.69, 9.17) is 4.42 Å². The van der Waals surface area contributed by atoms with Crippen LogP contribution in [0, 0.1) is 6.92 Å². The molecule has 0 radical (unpaired) electrons. The van der Waals surface area contributed by atoms with Crippen molar-refractivity contribution in [1.29, 1.82) is 0 Å². The molecule has 0 spiro atoms. The van der Waals surface area contributed by atoms with Crippen molar-refractivity contribution >= 4 is 5.91 Å². The van der Waals surface area contributed by atoms with Crippen LogP contribution in [0.15, 0.2) is 113 Å². The van der Waals surface area contributed by atoms with Crippen molar-refractivity contribution in [3.05, 3.63) is 125 Å². The fourth-order valence-electron chi connectivity index (χ4n) is 3.64. The maximum atomic E-state index is 12.9. The highest BCUT2D eigenvalue weighted by molar-refractivity contribution is 5.95. The number of hydrogen-bond donors (Lipinski definition) is 0. The molecule has 6 heteroatoms. The van der Waals surface area contributed by atoms with E-state index in [1.54, 1.807) is 24.3 Å². The third-order valence-electron chi connectivity index (χ3n) is 5.40. The molecular formula is C28H22N4O2. The minimum absolute atomic E-state index is 0.314. The predicted molar refractivity (Wildman–Crippen MR) is 130 cm³/mol. The lowest BCUT2D eigenvalue weighted by molar-refractivity contribution is 0.0997. The minimum atomic E-state index is -0.314. The first kappa shape index (κ1) is 21.3. The predicted octanol–water partition coefficient (Wildman–Crippen LogP) is 5.30. The SMILES string of the molecule is Cc1cccc(-c2nnc(-c3ccc(C(=O)N=c4ccccn4Cc4ccccc4)cc3)o2)c1. The van der Waals surface area contributed by atoms with Crippen LogP contribution >= 0.6 is 0 Å². The van der Waals surface area contributed by atoms with Crippen molar-refractivity contribution in [3.63, 3.8) is 0 Å². The number of carbonyl (C=O) groups excluding carboxylic acids is 1. The molecule has 0 saturated carbocycles. The lowest BCUT2D eigenvalue weighted by atomic mass is 10.1. The highest BCUT2D eigenvalue weighted by atomic mass is 16.4. The van der Waals surface area contributed by atoms with Gasteiger partial charge in [0.15, 0.2) is 0 Å². The van der Waals surface area contributed by atoms with Gasteiger partial charge in [0.2, 0.25) is 11.8 Å². The van der Waals surface area contributed by atoms with Gasteiger partial charge in [0.1, 0.15) is 5.49 Å². The molecule has 0 aliphatic heterocycles. The second-order valence-electron chi connectivity index (χ2n) is 7.95. The number of carbonyl (C=O) groups is 1. The van der Waals surface area contributed by atoms with Crippen LogP contribution in [0.4, 0.5) is 0 Å². The maximum Gasteiger partial charge on any atom is 0.278 e. The van der Waals surface area contributed by atoms with Gasteiger partial charge in [-0.3, -0.25) is 4.79 Å². The zero-order valence-electron chi connectivity index (χ0n) is 18.6. The van der Waals surface area contributed by atoms with Crippen molar-refractivity contribution in [2.45, 2.75) is 13.5 Å². The molecular weight excluding hydrogens is 424 g/mol. The van der Waals surface area contributed by atoms with E-state index in [0.717, 1.165) is 22.3 Å². The van der Waals surface area contributed by atoms with Crippen molar-refractivity contribution in [1.82, 2.24) is 14.8 Å². The quantitative estimate of drug-likeness (QED) is 0.367. The molecule has 2 heterocycles. The van der Waals surface area contributed by atoms with E-state index in [2.05, 4.69) is 15.2 Å². The highest BCUT2D eigenvalue weighted by Crippen LogP contribution is 2.24. The van der Waals surface area contributed by atoms with E-state index in [0.29, 0.717) is 29.4 Å². The number of amides is 1. The van der Waals surface area contributed by atoms with Gasteiger partial charge in [0.25, 0.3) is 5.91 Å². The molecule has 1 amide bonds. The number of nitrogens with zero attached hydrogens (tertiary/aromatic N) is 4. The molecule has 3 aromatic carbocycles. The Morgan fingerprint density at radius 2 is 1.56 bits per heavy atom. The highest BCUT2D eigenvalue weighted by Gasteiger charge is 2.12. The fraction of sp³-hybridized carbons (Fsp3) is 0.0714. The summed E-state index contributed by atoms with van der Waals surface area (Å²) in [6, 6.07) is 30.6. The van der Waals surface area contributed by atoms with Crippen LogP contribution in [0.2, 0.25) is 0 Å². The summed E-state index contributed by atoms with van der Waals surface area (Å²) < 4.78 is 7.80. The zero-order valence-corrected chi connectivity index (χ0v) is 18.6. The molecule has 166 valence electrons. The average Bonchev–Trinajstić information content (AvgIpc) is 3.36. The summed E-state index contributed by atoms with van der Waals surface area (Å²) in [6.45, 7) is 2.65. The van der Waals surface area contributed by atoms with Crippen LogP contribution in [0.25, 0.3) is 22.9 Å². The van der Waals surface area contributed by atoms with E-state index >= 15 is 0 Å². The largest absolute Gasteiger partial charge is 0.416 e. The molecule has 0 atom stereocenters.